The van der Waals surface area contributed by atoms with Gasteiger partial charge in [-0.2, -0.15) is 16.9 Å². The summed E-state index contributed by atoms with van der Waals surface area (Å²) in [6.45, 7) is 5.59. The van der Waals surface area contributed by atoms with Gasteiger partial charge in [0.25, 0.3) is 0 Å². The second kappa shape index (κ2) is 6.91. The van der Waals surface area contributed by atoms with Crippen molar-refractivity contribution in [2.75, 3.05) is 11.2 Å². The third-order valence-corrected chi connectivity index (χ3v) is 4.42. The standard InChI is InChI=1S/C14H15BrN4OS/c1-4-18(14(20)10(2)21-3)12-9-19(17-13(12)15)11-6-5-7-16-8-11/h4-10H,1H2,2-3H3. The molecule has 0 N–H and O–H groups in total. The van der Waals surface area contributed by atoms with Gasteiger partial charge in [0.2, 0.25) is 5.91 Å². The first-order chi connectivity index (χ1) is 10.1. The molecule has 0 bridgehead atoms. The van der Waals surface area contributed by atoms with Crippen molar-refractivity contribution < 1.29 is 4.79 Å². The minimum atomic E-state index is -0.156. The largest absolute Gasteiger partial charge is 0.283 e. The van der Waals surface area contributed by atoms with E-state index in [-0.39, 0.29) is 11.2 Å². The average Bonchev–Trinajstić information content (AvgIpc) is 2.90. The van der Waals surface area contributed by atoms with Gasteiger partial charge in [-0.15, -0.1) is 0 Å². The molecular weight excluding hydrogens is 352 g/mol. The number of carbonyl (C=O) groups is 1. The lowest BCUT2D eigenvalue weighted by Crippen LogP contribution is -2.32. The van der Waals surface area contributed by atoms with Gasteiger partial charge in [0.05, 0.1) is 23.3 Å². The zero-order valence-electron chi connectivity index (χ0n) is 11.7. The maximum Gasteiger partial charge on any atom is 0.243 e. The van der Waals surface area contributed by atoms with E-state index < -0.39 is 0 Å². The molecule has 7 heteroatoms. The van der Waals surface area contributed by atoms with E-state index in [1.165, 1.54) is 22.9 Å². The van der Waals surface area contributed by atoms with Gasteiger partial charge in [-0.3, -0.25) is 14.7 Å². The fraction of sp³-hybridized carbons (Fsp3) is 0.214. The summed E-state index contributed by atoms with van der Waals surface area (Å²) in [6.07, 6.45) is 8.58. The SMILES string of the molecule is C=CN(C(=O)C(C)SC)c1cn(-c2cccnc2)nc1Br. The zero-order chi connectivity index (χ0) is 15.4. The molecule has 110 valence electrons. The van der Waals surface area contributed by atoms with E-state index in [2.05, 4.69) is 32.6 Å². The number of hydrogen-bond acceptors (Lipinski definition) is 4. The van der Waals surface area contributed by atoms with E-state index in [4.69, 9.17) is 0 Å². The Morgan fingerprint density at radius 1 is 1.62 bits per heavy atom. The Balaban J connectivity index is 2.38. The van der Waals surface area contributed by atoms with Gasteiger partial charge in [-0.25, -0.2) is 4.68 Å². The normalized spacial score (nSPS) is 12.0. The Bertz CT molecular complexity index is 644. The molecule has 2 aromatic heterocycles. The van der Waals surface area contributed by atoms with Crippen LogP contribution >= 0.6 is 27.7 Å². The summed E-state index contributed by atoms with van der Waals surface area (Å²) in [6, 6.07) is 3.72. The van der Waals surface area contributed by atoms with Crippen molar-refractivity contribution in [3.63, 3.8) is 0 Å². The lowest BCUT2D eigenvalue weighted by atomic mass is 10.3. The minimum absolute atomic E-state index is 0.0380. The molecule has 0 aromatic carbocycles. The lowest BCUT2D eigenvalue weighted by Gasteiger charge is -2.19. The molecule has 1 atom stereocenters. The highest BCUT2D eigenvalue weighted by atomic mass is 79.9. The average molecular weight is 367 g/mol. The van der Waals surface area contributed by atoms with Crippen LogP contribution in [0.2, 0.25) is 0 Å². The van der Waals surface area contributed by atoms with Crippen molar-refractivity contribution in [2.24, 2.45) is 0 Å². The highest BCUT2D eigenvalue weighted by molar-refractivity contribution is 9.10. The van der Waals surface area contributed by atoms with Crippen LogP contribution in [0.5, 0.6) is 0 Å². The van der Waals surface area contributed by atoms with Gasteiger partial charge in [-0.05, 0) is 41.2 Å². The van der Waals surface area contributed by atoms with Crippen molar-refractivity contribution in [3.05, 3.63) is 48.1 Å². The summed E-state index contributed by atoms with van der Waals surface area (Å²) in [5.74, 6) is -0.0380. The number of pyridine rings is 1. The molecule has 0 radical (unpaired) electrons. The molecule has 0 saturated carbocycles. The molecular formula is C14H15BrN4OS. The third-order valence-electron chi connectivity index (χ3n) is 2.94. The van der Waals surface area contributed by atoms with E-state index in [1.807, 2.05) is 25.3 Å². The van der Waals surface area contributed by atoms with Crippen LogP contribution in [0, 0.1) is 0 Å². The number of nitrogens with zero attached hydrogens (tertiary/aromatic N) is 4. The second-order valence-electron chi connectivity index (χ2n) is 4.23. The van der Waals surface area contributed by atoms with Crippen LogP contribution < -0.4 is 4.90 Å². The maximum atomic E-state index is 12.4. The quantitative estimate of drug-likeness (QED) is 0.814. The molecule has 0 aliphatic heterocycles. The molecule has 0 aliphatic carbocycles. The van der Waals surface area contributed by atoms with Gasteiger partial charge in [0.1, 0.15) is 5.69 Å². The van der Waals surface area contributed by atoms with Crippen molar-refractivity contribution >= 4 is 39.3 Å². The summed E-state index contributed by atoms with van der Waals surface area (Å²) in [5, 5.41) is 4.21. The Labute approximate surface area is 136 Å². The van der Waals surface area contributed by atoms with Gasteiger partial charge >= 0.3 is 0 Å². The Hall–Kier alpha value is -1.60. The highest BCUT2D eigenvalue weighted by Crippen LogP contribution is 2.28. The Kier molecular flexibility index (Phi) is 5.19. The van der Waals surface area contributed by atoms with Crippen LogP contribution in [0.3, 0.4) is 0 Å². The number of hydrogen-bond donors (Lipinski definition) is 0. The molecule has 0 saturated heterocycles. The van der Waals surface area contributed by atoms with Crippen LogP contribution in [-0.2, 0) is 4.79 Å². The molecule has 2 rings (SSSR count). The van der Waals surface area contributed by atoms with Gasteiger partial charge in [-0.1, -0.05) is 6.58 Å². The van der Waals surface area contributed by atoms with Crippen molar-refractivity contribution in [1.82, 2.24) is 14.8 Å². The molecule has 2 heterocycles. The predicted octanol–water partition coefficient (Wildman–Crippen LogP) is 3.26. The van der Waals surface area contributed by atoms with Crippen LogP contribution in [0.15, 0.2) is 48.1 Å². The monoisotopic (exact) mass is 366 g/mol. The molecule has 1 unspecified atom stereocenters. The van der Waals surface area contributed by atoms with Crippen molar-refractivity contribution in [3.8, 4) is 5.69 Å². The number of rotatable bonds is 5. The molecule has 21 heavy (non-hydrogen) atoms. The number of thioether (sulfide) groups is 1. The van der Waals surface area contributed by atoms with E-state index in [0.717, 1.165) is 5.69 Å². The molecule has 1 amide bonds. The second-order valence-corrected chi connectivity index (χ2v) is 6.16. The van der Waals surface area contributed by atoms with Crippen LogP contribution in [0.25, 0.3) is 5.69 Å². The Morgan fingerprint density at radius 2 is 2.38 bits per heavy atom. The fourth-order valence-corrected chi connectivity index (χ4v) is 2.51. The first-order valence-electron chi connectivity index (χ1n) is 6.22. The smallest absolute Gasteiger partial charge is 0.243 e. The summed E-state index contributed by atoms with van der Waals surface area (Å²) in [7, 11) is 0. The highest BCUT2D eigenvalue weighted by Gasteiger charge is 2.23. The fourth-order valence-electron chi connectivity index (χ4n) is 1.73. The molecule has 0 spiro atoms. The number of halogens is 1. The predicted molar refractivity (Wildman–Crippen MR) is 89.7 cm³/mol. The summed E-state index contributed by atoms with van der Waals surface area (Å²) < 4.78 is 2.24. The zero-order valence-corrected chi connectivity index (χ0v) is 14.1. The minimum Gasteiger partial charge on any atom is -0.283 e. The first kappa shape index (κ1) is 15.8. The summed E-state index contributed by atoms with van der Waals surface area (Å²) in [5.41, 5.74) is 1.47. The number of anilines is 1. The van der Waals surface area contributed by atoms with Crippen LogP contribution in [-0.4, -0.2) is 32.2 Å². The third kappa shape index (κ3) is 3.36. The van der Waals surface area contributed by atoms with Crippen LogP contribution in [0.4, 0.5) is 5.69 Å². The summed E-state index contributed by atoms with van der Waals surface area (Å²) in [4.78, 5) is 17.9. The van der Waals surface area contributed by atoms with Gasteiger partial charge in [0, 0.05) is 12.4 Å². The lowest BCUT2D eigenvalue weighted by molar-refractivity contribution is -0.117. The number of amides is 1. The number of carbonyl (C=O) groups excluding carboxylic acids is 1. The molecule has 5 nitrogen and oxygen atoms in total. The van der Waals surface area contributed by atoms with Gasteiger partial charge < -0.3 is 0 Å². The molecule has 0 fully saturated rings. The maximum absolute atomic E-state index is 12.4. The van der Waals surface area contributed by atoms with E-state index >= 15 is 0 Å². The topological polar surface area (TPSA) is 51.0 Å². The van der Waals surface area contributed by atoms with Gasteiger partial charge in [0.15, 0.2) is 4.60 Å². The van der Waals surface area contributed by atoms with E-state index in [9.17, 15) is 4.79 Å². The molecule has 0 aliphatic rings. The van der Waals surface area contributed by atoms with Crippen molar-refractivity contribution in [2.45, 2.75) is 12.2 Å². The Morgan fingerprint density at radius 3 is 2.95 bits per heavy atom. The van der Waals surface area contributed by atoms with Crippen molar-refractivity contribution in [1.29, 1.82) is 0 Å². The number of aromatic nitrogens is 3. The van der Waals surface area contributed by atoms with E-state index in [0.29, 0.717) is 10.3 Å². The van der Waals surface area contributed by atoms with E-state index in [1.54, 1.807) is 23.3 Å². The van der Waals surface area contributed by atoms with Crippen LogP contribution in [0.1, 0.15) is 6.92 Å². The molecule has 2 aromatic rings. The first-order valence-corrected chi connectivity index (χ1v) is 8.30. The summed E-state index contributed by atoms with van der Waals surface area (Å²) >= 11 is 4.88.